The second-order valence-electron chi connectivity index (χ2n) is 5.33. The summed E-state index contributed by atoms with van der Waals surface area (Å²) in [6.45, 7) is 7.19. The highest BCUT2D eigenvalue weighted by Crippen LogP contribution is 2.33. The van der Waals surface area contributed by atoms with Crippen molar-refractivity contribution >= 4 is 11.7 Å². The van der Waals surface area contributed by atoms with Gasteiger partial charge in [0.1, 0.15) is 5.75 Å². The summed E-state index contributed by atoms with van der Waals surface area (Å²) in [4.78, 5) is 11.8. The molecule has 0 aromatic heterocycles. The maximum Gasteiger partial charge on any atom is 0.338 e. The highest BCUT2D eigenvalue weighted by Gasteiger charge is 2.12. The molecule has 2 aromatic rings. The number of carbonyl (C=O) groups is 1. The number of benzene rings is 2. The summed E-state index contributed by atoms with van der Waals surface area (Å²) >= 11 is 0. The Kier molecular flexibility index (Phi) is 5.06. The molecule has 0 heterocycles. The molecule has 0 aliphatic rings. The molecule has 4 heteroatoms. The summed E-state index contributed by atoms with van der Waals surface area (Å²) in [6, 6.07) is 11.1. The monoisotopic (exact) mass is 311 g/mol. The lowest BCUT2D eigenvalue weighted by molar-refractivity contribution is -0.130. The molecule has 120 valence electrons. The average molecular weight is 311 g/mol. The molecule has 0 saturated carbocycles. The lowest BCUT2D eigenvalue weighted by atomic mass is 10.0. The molecule has 4 nitrogen and oxygen atoms in total. The van der Waals surface area contributed by atoms with Gasteiger partial charge in [0.2, 0.25) is 0 Å². The fourth-order valence-corrected chi connectivity index (χ4v) is 2.22. The van der Waals surface area contributed by atoms with Gasteiger partial charge in [-0.3, -0.25) is 0 Å². The predicted octanol–water partition coefficient (Wildman–Crippen LogP) is 4.14. The molecule has 0 radical (unpaired) electrons. The minimum atomic E-state index is -0.470. The van der Waals surface area contributed by atoms with Crippen LogP contribution in [0.4, 0.5) is 5.69 Å². The molecule has 0 saturated heterocycles. The topological polar surface area (TPSA) is 58.6 Å². The second kappa shape index (κ2) is 7.01. The number of esters is 1. The van der Waals surface area contributed by atoms with E-state index in [0.717, 1.165) is 23.1 Å². The van der Waals surface area contributed by atoms with E-state index in [0.29, 0.717) is 17.0 Å². The van der Waals surface area contributed by atoms with Crippen molar-refractivity contribution in [2.45, 2.75) is 20.3 Å². The van der Waals surface area contributed by atoms with Crippen molar-refractivity contribution in [3.05, 3.63) is 54.1 Å². The van der Waals surface area contributed by atoms with Gasteiger partial charge in [-0.2, -0.15) is 0 Å². The van der Waals surface area contributed by atoms with Crippen LogP contribution in [0.25, 0.3) is 11.1 Å². The summed E-state index contributed by atoms with van der Waals surface area (Å²) in [5.74, 6) is 0.225. The number of hydrogen-bond donors (Lipinski definition) is 2. The number of rotatable bonds is 5. The second-order valence-corrected chi connectivity index (χ2v) is 5.33. The van der Waals surface area contributed by atoms with Crippen molar-refractivity contribution in [3.63, 3.8) is 0 Å². The molecule has 0 unspecified atom stereocenters. The van der Waals surface area contributed by atoms with Gasteiger partial charge in [-0.05, 0) is 48.2 Å². The van der Waals surface area contributed by atoms with E-state index in [9.17, 15) is 9.90 Å². The highest BCUT2D eigenvalue weighted by molar-refractivity contribution is 5.90. The Morgan fingerprint density at radius 3 is 2.43 bits per heavy atom. The summed E-state index contributed by atoms with van der Waals surface area (Å²) in [5.41, 5.74) is 3.65. The Morgan fingerprint density at radius 2 is 1.87 bits per heavy atom. The Bertz CT molecular complexity index is 750. The Morgan fingerprint density at radius 1 is 1.22 bits per heavy atom. The van der Waals surface area contributed by atoms with Gasteiger partial charge in [0.25, 0.3) is 0 Å². The van der Waals surface area contributed by atoms with E-state index < -0.39 is 5.97 Å². The van der Waals surface area contributed by atoms with E-state index in [4.69, 9.17) is 4.74 Å². The standard InChI is InChI=1S/C19H21NO3/c1-5-13-6-7-14(10-17(13)21)15-8-9-16(20-4)18(11-15)23-19(22)12(2)3/h6-11,20-21H,2,5H2,1,3-4H3. The molecule has 2 rings (SSSR count). The zero-order chi connectivity index (χ0) is 17.0. The van der Waals surface area contributed by atoms with Gasteiger partial charge >= 0.3 is 5.97 Å². The van der Waals surface area contributed by atoms with Crippen molar-refractivity contribution in [2.75, 3.05) is 12.4 Å². The lowest BCUT2D eigenvalue weighted by Gasteiger charge is -2.12. The third kappa shape index (κ3) is 3.72. The van der Waals surface area contributed by atoms with Crippen molar-refractivity contribution in [1.82, 2.24) is 0 Å². The van der Waals surface area contributed by atoms with Crippen LogP contribution in [0.15, 0.2) is 48.6 Å². The SMILES string of the molecule is C=C(C)C(=O)Oc1cc(-c2ccc(CC)c(O)c2)ccc1NC. The molecule has 0 amide bonds. The zero-order valence-corrected chi connectivity index (χ0v) is 13.6. The Labute approximate surface area is 136 Å². The summed E-state index contributed by atoms with van der Waals surface area (Å²) < 4.78 is 5.37. The van der Waals surface area contributed by atoms with E-state index >= 15 is 0 Å². The van der Waals surface area contributed by atoms with Crippen LogP contribution < -0.4 is 10.1 Å². The normalized spacial score (nSPS) is 10.2. The van der Waals surface area contributed by atoms with Crippen molar-refractivity contribution in [3.8, 4) is 22.6 Å². The molecule has 0 bridgehead atoms. The number of phenolic OH excluding ortho intramolecular Hbond substituents is 1. The van der Waals surface area contributed by atoms with Crippen LogP contribution in [0.3, 0.4) is 0 Å². The smallest absolute Gasteiger partial charge is 0.338 e. The summed E-state index contributed by atoms with van der Waals surface area (Å²) in [5, 5.41) is 13.0. The molecule has 0 aliphatic heterocycles. The van der Waals surface area contributed by atoms with Crippen LogP contribution in [0.1, 0.15) is 19.4 Å². The number of aryl methyl sites for hydroxylation is 1. The molecule has 0 fully saturated rings. The molecule has 0 aliphatic carbocycles. The van der Waals surface area contributed by atoms with Gasteiger partial charge in [-0.25, -0.2) is 4.79 Å². The highest BCUT2D eigenvalue weighted by atomic mass is 16.5. The van der Waals surface area contributed by atoms with Gasteiger partial charge in [0.05, 0.1) is 5.69 Å². The average Bonchev–Trinajstić information content (AvgIpc) is 2.54. The van der Waals surface area contributed by atoms with Crippen LogP contribution in [-0.4, -0.2) is 18.1 Å². The lowest BCUT2D eigenvalue weighted by Crippen LogP contribution is -2.09. The predicted molar refractivity (Wildman–Crippen MR) is 92.9 cm³/mol. The molecule has 0 spiro atoms. The Hall–Kier alpha value is -2.75. The first-order valence-corrected chi connectivity index (χ1v) is 7.48. The van der Waals surface area contributed by atoms with Crippen molar-refractivity contribution < 1.29 is 14.6 Å². The van der Waals surface area contributed by atoms with E-state index in [1.54, 1.807) is 26.1 Å². The number of carbonyl (C=O) groups excluding carboxylic acids is 1. The van der Waals surface area contributed by atoms with E-state index in [-0.39, 0.29) is 5.75 Å². The van der Waals surface area contributed by atoms with Crippen LogP contribution >= 0.6 is 0 Å². The van der Waals surface area contributed by atoms with Gasteiger partial charge in [0, 0.05) is 12.6 Å². The first-order valence-electron chi connectivity index (χ1n) is 7.48. The minimum absolute atomic E-state index is 0.267. The quantitative estimate of drug-likeness (QED) is 0.495. The molecule has 2 N–H and O–H groups in total. The van der Waals surface area contributed by atoms with E-state index in [2.05, 4.69) is 11.9 Å². The van der Waals surface area contributed by atoms with Gasteiger partial charge in [-0.1, -0.05) is 31.7 Å². The number of phenols is 1. The van der Waals surface area contributed by atoms with Crippen LogP contribution in [0.5, 0.6) is 11.5 Å². The van der Waals surface area contributed by atoms with Gasteiger partial charge in [-0.15, -0.1) is 0 Å². The fraction of sp³-hybridized carbons (Fsp3) is 0.211. The maximum absolute atomic E-state index is 11.8. The van der Waals surface area contributed by atoms with Crippen LogP contribution in [-0.2, 0) is 11.2 Å². The van der Waals surface area contributed by atoms with Crippen molar-refractivity contribution in [2.24, 2.45) is 0 Å². The van der Waals surface area contributed by atoms with E-state index in [1.807, 2.05) is 31.2 Å². The number of anilines is 1. The van der Waals surface area contributed by atoms with Crippen LogP contribution in [0.2, 0.25) is 0 Å². The Balaban J connectivity index is 2.42. The van der Waals surface area contributed by atoms with Crippen molar-refractivity contribution in [1.29, 1.82) is 0 Å². The summed E-state index contributed by atoms with van der Waals surface area (Å²) in [7, 11) is 1.76. The first kappa shape index (κ1) is 16.6. The number of hydrogen-bond acceptors (Lipinski definition) is 4. The molecule has 2 aromatic carbocycles. The van der Waals surface area contributed by atoms with E-state index in [1.165, 1.54) is 0 Å². The number of nitrogens with one attached hydrogen (secondary N) is 1. The summed E-state index contributed by atoms with van der Waals surface area (Å²) in [6.07, 6.45) is 0.770. The number of aromatic hydroxyl groups is 1. The molecule has 0 atom stereocenters. The minimum Gasteiger partial charge on any atom is -0.508 e. The van der Waals surface area contributed by atoms with Gasteiger partial charge in [0.15, 0.2) is 5.75 Å². The molecular formula is C19H21NO3. The number of ether oxygens (including phenoxy) is 1. The maximum atomic E-state index is 11.8. The largest absolute Gasteiger partial charge is 0.508 e. The van der Waals surface area contributed by atoms with Crippen LogP contribution in [0, 0.1) is 0 Å². The van der Waals surface area contributed by atoms with Gasteiger partial charge < -0.3 is 15.2 Å². The third-order valence-corrected chi connectivity index (χ3v) is 3.60. The first-order chi connectivity index (χ1) is 11.0. The third-order valence-electron chi connectivity index (χ3n) is 3.60. The molecule has 23 heavy (non-hydrogen) atoms. The molecular weight excluding hydrogens is 290 g/mol. The fourth-order valence-electron chi connectivity index (χ4n) is 2.22. The zero-order valence-electron chi connectivity index (χ0n) is 13.6.